The van der Waals surface area contributed by atoms with Crippen LogP contribution in [0.5, 0.6) is 0 Å². The Kier molecular flexibility index (Phi) is 31.8. The Bertz CT molecular complexity index is 3880. The molecule has 19 atom stereocenters. The second kappa shape index (κ2) is 38.2. The van der Waals surface area contributed by atoms with E-state index in [0.29, 0.717) is 12.0 Å². The number of nitrogens with zero attached hydrogens (tertiary/aromatic N) is 7. The minimum absolute atomic E-state index is 0.00527. The Morgan fingerprint density at radius 1 is 0.578 bits per heavy atom. The van der Waals surface area contributed by atoms with Gasteiger partial charge in [0.15, 0.2) is 11.5 Å². The first-order chi connectivity index (χ1) is 53.7. The lowest BCUT2D eigenvalue weighted by atomic mass is 9.39. The number of aliphatic hydroxyl groups is 2. The number of hydrogen-bond donors (Lipinski definition) is 6. The van der Waals surface area contributed by atoms with Crippen molar-refractivity contribution in [1.29, 1.82) is 0 Å². The molecule has 2 saturated carbocycles. The zero-order valence-corrected chi connectivity index (χ0v) is 74.9. The van der Waals surface area contributed by atoms with E-state index in [9.17, 15) is 63.0 Å². The van der Waals surface area contributed by atoms with Gasteiger partial charge in [0.1, 0.15) is 66.0 Å². The van der Waals surface area contributed by atoms with Gasteiger partial charge < -0.3 is 74.9 Å². The summed E-state index contributed by atoms with van der Waals surface area (Å²) >= 11 is 0. The summed E-state index contributed by atoms with van der Waals surface area (Å²) in [4.78, 5) is 195. The number of carbonyl (C=O) groups excluding carboxylic acids is 13. The largest absolute Gasteiger partial charge is 0.504 e. The molecule has 3 heterocycles. The molecule has 0 radical (unpaired) electrons. The van der Waals surface area contributed by atoms with E-state index in [1.807, 2.05) is 101 Å². The fourth-order valence-corrected chi connectivity index (χ4v) is 19.5. The van der Waals surface area contributed by atoms with Crippen molar-refractivity contribution >= 4 is 76.5 Å². The molecule has 2 saturated heterocycles. The van der Waals surface area contributed by atoms with E-state index in [2.05, 4.69) is 35.1 Å². The lowest BCUT2D eigenvalue weighted by Crippen LogP contribution is -2.66. The second-order valence-electron chi connectivity index (χ2n) is 37.6. The summed E-state index contributed by atoms with van der Waals surface area (Å²) in [6, 6.07) is -10.3. The summed E-state index contributed by atoms with van der Waals surface area (Å²) in [7, 11) is 9.92. The monoisotopic (exact) mass is 1620 g/mol. The van der Waals surface area contributed by atoms with E-state index < -0.39 is 178 Å². The number of furan rings is 1. The predicted molar refractivity (Wildman–Crippen MR) is 442 cm³/mol. The standard InChI is InChI=1S/C62H111N11O12.C26H30O5/c1-25-27-28-40(15)52(75)51-56(79)65-43(26-2)58(81)67(18)33-48(74)68(19)44(29-34(3)4)55(78)66-49(38(11)12)61(84)69(20)45(30-35(5)6)54(77)63-41(16)53(76)64-42(17)57(80)70(21)46(31-36(7)8)59(82)71(22)47(32-37(9)10)60(83)72(23)50(39(13)14)62(85)73(51)24;1-22(2)17(27)7-9-23(3)16-6-10-24(4)15(14-8-11-30-13-14)12-18-26(24,31-18)25(16,5)21(29)19(28)20(22)23/h25,27,34-47,49-52,75H,26,28-33H2,1-24H3,(H,63,77)(H,64,76)(H,65,79)(H,66,78);7-9,11,13,15-16,18,28H,6,10,12H2,1-5H3. The first-order valence-corrected chi connectivity index (χ1v) is 41.9. The summed E-state index contributed by atoms with van der Waals surface area (Å²) in [5, 5.41) is 34.4. The van der Waals surface area contributed by atoms with Gasteiger partial charge in [0.2, 0.25) is 70.8 Å². The number of fused-ring (bicyclic) bond motifs is 3. The zero-order valence-electron chi connectivity index (χ0n) is 74.9. The summed E-state index contributed by atoms with van der Waals surface area (Å²) in [5.74, 6) is -10.0. The van der Waals surface area contributed by atoms with Crippen molar-refractivity contribution in [2.24, 2.45) is 69.0 Å². The average Bonchev–Trinajstić information content (AvgIpc) is 1.45. The van der Waals surface area contributed by atoms with Crippen molar-refractivity contribution in [3.8, 4) is 0 Å². The molecule has 4 fully saturated rings. The number of ether oxygens (including phenoxy) is 1. The van der Waals surface area contributed by atoms with E-state index in [4.69, 9.17) is 9.15 Å². The fraction of sp³-hybridized carbons (Fsp3) is 0.739. The van der Waals surface area contributed by atoms with Crippen LogP contribution in [0.25, 0.3) is 0 Å². The maximum atomic E-state index is 15.1. The molecule has 28 heteroatoms. The van der Waals surface area contributed by atoms with Gasteiger partial charge in [-0.25, -0.2) is 0 Å². The molecule has 1 aromatic heterocycles. The topological polar surface area (TPSA) is 359 Å². The van der Waals surface area contributed by atoms with E-state index in [1.165, 1.54) is 93.2 Å². The van der Waals surface area contributed by atoms with Gasteiger partial charge in [-0.3, -0.25) is 62.3 Å². The van der Waals surface area contributed by atoms with Crippen LogP contribution in [0.3, 0.4) is 0 Å². The molecule has 2 aliphatic heterocycles. The van der Waals surface area contributed by atoms with Gasteiger partial charge in [-0.15, -0.1) is 0 Å². The predicted octanol–water partition coefficient (Wildman–Crippen LogP) is 8.16. The SMILES string of the molecule is CC1(C)C(=O)C=CC2(C)C1=C(O)C(=O)C1(C)C2CCC2(C)C(c3ccoc3)CC3OC321.CC=CCC(C)C(O)C1C(=O)NC(CC)C(=O)N(C)CC(=O)N(C)C(CC(C)C)C(=O)NC(C(C)C)C(=O)N(C)C(CC(C)C)C(=O)NC(C)C(=O)NC(C)C(=O)N(C)C(CC(C)C)C(=O)N(C)C(CC(C)C)C(=O)N(C)C(C(C)C)C(=O)N1C. The van der Waals surface area contributed by atoms with Crippen molar-refractivity contribution < 1.29 is 81.7 Å². The minimum atomic E-state index is -1.61. The first kappa shape index (κ1) is 96.6. The number of amides is 11. The first-order valence-electron chi connectivity index (χ1n) is 41.9. The third kappa shape index (κ3) is 19.2. The van der Waals surface area contributed by atoms with Crippen molar-refractivity contribution in [3.63, 3.8) is 0 Å². The van der Waals surface area contributed by atoms with Crippen LogP contribution in [0.2, 0.25) is 0 Å². The Morgan fingerprint density at radius 2 is 1.08 bits per heavy atom. The third-order valence-corrected chi connectivity index (χ3v) is 26.2. The third-order valence-electron chi connectivity index (χ3n) is 26.2. The molecule has 0 bridgehead atoms. The fourth-order valence-electron chi connectivity index (χ4n) is 19.5. The molecule has 28 nitrogen and oxygen atoms in total. The van der Waals surface area contributed by atoms with E-state index in [1.54, 1.807) is 66.9 Å². The van der Waals surface area contributed by atoms with Gasteiger partial charge in [-0.2, -0.15) is 0 Å². The van der Waals surface area contributed by atoms with Crippen molar-refractivity contribution in [3.05, 3.63) is 59.8 Å². The van der Waals surface area contributed by atoms with E-state index in [-0.39, 0.29) is 96.5 Å². The summed E-state index contributed by atoms with van der Waals surface area (Å²) in [6.45, 7) is 39.3. The van der Waals surface area contributed by atoms with Gasteiger partial charge in [0, 0.05) is 60.2 Å². The maximum Gasteiger partial charge on any atom is 0.246 e. The molecule has 6 N–H and O–H groups in total. The number of epoxide rings is 1. The number of rotatable bonds is 16. The second-order valence-corrected chi connectivity index (χ2v) is 37.6. The number of ketones is 2. The Labute approximate surface area is 689 Å². The van der Waals surface area contributed by atoms with Crippen molar-refractivity contribution in [1.82, 2.24) is 55.6 Å². The molecule has 116 heavy (non-hydrogen) atoms. The highest BCUT2D eigenvalue weighted by molar-refractivity contribution is 6.07. The molecule has 19 unspecified atom stereocenters. The lowest BCUT2D eigenvalue weighted by Gasteiger charge is -2.62. The highest BCUT2D eigenvalue weighted by atomic mass is 16.6. The quantitative estimate of drug-likeness (QED) is 0.0671. The van der Waals surface area contributed by atoms with Crippen LogP contribution in [-0.4, -0.2) is 255 Å². The van der Waals surface area contributed by atoms with Crippen LogP contribution in [0, 0.1) is 69.0 Å². The van der Waals surface area contributed by atoms with Crippen molar-refractivity contribution in [2.45, 2.75) is 294 Å². The number of allylic oxidation sites excluding steroid dienone is 6. The Hall–Kier alpha value is -8.27. The Morgan fingerprint density at radius 3 is 1.59 bits per heavy atom. The maximum absolute atomic E-state index is 15.1. The molecule has 1 aromatic rings. The van der Waals surface area contributed by atoms with Gasteiger partial charge in [0.05, 0.1) is 42.1 Å². The summed E-state index contributed by atoms with van der Waals surface area (Å²) in [6.07, 6.45) is 12.8. The van der Waals surface area contributed by atoms with Crippen molar-refractivity contribution in [2.75, 3.05) is 55.9 Å². The number of nitrogens with one attached hydrogen (secondary N) is 4. The van der Waals surface area contributed by atoms with Gasteiger partial charge in [-0.1, -0.05) is 129 Å². The molecular weight excluding hydrogens is 1480 g/mol. The van der Waals surface area contributed by atoms with Gasteiger partial charge >= 0.3 is 0 Å². The van der Waals surface area contributed by atoms with Gasteiger partial charge in [0.25, 0.3) is 0 Å². The molecule has 11 amide bonds. The van der Waals surface area contributed by atoms with Crippen LogP contribution >= 0.6 is 0 Å². The summed E-state index contributed by atoms with van der Waals surface area (Å²) in [5.41, 5.74) is -1.40. The average molecular weight is 1630 g/mol. The molecule has 6 aliphatic rings. The highest BCUT2D eigenvalue weighted by Gasteiger charge is 2.87. The lowest BCUT2D eigenvalue weighted by molar-refractivity contribution is -0.162. The van der Waals surface area contributed by atoms with E-state index >= 15 is 9.59 Å². The molecule has 1 spiro atoms. The van der Waals surface area contributed by atoms with Crippen LogP contribution in [0.4, 0.5) is 0 Å². The summed E-state index contributed by atoms with van der Waals surface area (Å²) < 4.78 is 11.9. The number of aliphatic hydroxyl groups excluding tert-OH is 2. The molecule has 4 aliphatic carbocycles. The van der Waals surface area contributed by atoms with Crippen LogP contribution in [-0.2, 0) is 67.1 Å². The number of Topliss-reactive ketones (excluding diaryl/α,β-unsaturated/α-hetero) is 1. The van der Waals surface area contributed by atoms with E-state index in [0.717, 1.165) is 29.1 Å². The minimum Gasteiger partial charge on any atom is -0.504 e. The van der Waals surface area contributed by atoms with Crippen LogP contribution in [0.15, 0.2) is 58.6 Å². The molecular formula is C88H141N11O17. The number of likely N-dealkylation sites (N-methyl/N-ethyl adjacent to an activating group) is 7. The van der Waals surface area contributed by atoms with Crippen LogP contribution < -0.4 is 21.3 Å². The van der Waals surface area contributed by atoms with Crippen LogP contribution in [0.1, 0.15) is 222 Å². The zero-order chi connectivity index (χ0) is 88.2. The highest BCUT2D eigenvalue weighted by Crippen LogP contribution is 2.81. The molecule has 650 valence electrons. The molecule has 0 aromatic carbocycles. The molecule has 7 rings (SSSR count). The number of hydrogen-bond acceptors (Lipinski definition) is 17. The smallest absolute Gasteiger partial charge is 0.246 e. The number of carbonyl (C=O) groups is 13. The van der Waals surface area contributed by atoms with Gasteiger partial charge in [-0.05, 0) is 176 Å². The Balaban J connectivity index is 0.000000547. The normalized spacial score (nSPS) is 32.9.